The number of nitrogens with two attached hydrogens (primary N) is 1. The second-order valence-electron chi connectivity index (χ2n) is 9.60. The van der Waals surface area contributed by atoms with Gasteiger partial charge in [0.25, 0.3) is 11.8 Å². The Kier molecular flexibility index (Phi) is 7.72. The fourth-order valence-corrected chi connectivity index (χ4v) is 6.67. The van der Waals surface area contributed by atoms with Crippen LogP contribution in [0.25, 0.3) is 22.2 Å². The Morgan fingerprint density at radius 3 is 2.59 bits per heavy atom. The van der Waals surface area contributed by atoms with Gasteiger partial charge in [-0.25, -0.2) is 4.98 Å². The van der Waals surface area contributed by atoms with Gasteiger partial charge in [-0.05, 0) is 73.9 Å². The van der Waals surface area contributed by atoms with E-state index >= 15 is 0 Å². The number of rotatable bonds is 7. The van der Waals surface area contributed by atoms with Crippen LogP contribution in [0.1, 0.15) is 75.7 Å². The van der Waals surface area contributed by atoms with Crippen molar-refractivity contribution in [2.45, 2.75) is 58.3 Å². The van der Waals surface area contributed by atoms with E-state index in [9.17, 15) is 9.59 Å². The minimum absolute atomic E-state index is 0.273. The smallest absolute Gasteiger partial charge is 0.257 e. The highest BCUT2D eigenvalue weighted by molar-refractivity contribution is 9.10. The number of amides is 2. The number of nitrogens with zero attached hydrogens (tertiary/aromatic N) is 1. The third-order valence-electron chi connectivity index (χ3n) is 6.98. The summed E-state index contributed by atoms with van der Waals surface area (Å²) in [6.45, 7) is 2.19. The first-order valence-corrected chi connectivity index (χ1v) is 14.5. The lowest BCUT2D eigenvalue weighted by Crippen LogP contribution is -2.18. The van der Waals surface area contributed by atoms with E-state index in [0.29, 0.717) is 16.1 Å². The largest absolute Gasteiger partial charge is 0.365 e. The monoisotopic (exact) mass is 575 g/mol. The van der Waals surface area contributed by atoms with Crippen molar-refractivity contribution < 1.29 is 9.59 Å². The molecule has 7 heteroatoms. The van der Waals surface area contributed by atoms with Crippen LogP contribution < -0.4 is 11.1 Å². The van der Waals surface area contributed by atoms with Gasteiger partial charge in [0.1, 0.15) is 5.00 Å². The molecular weight excluding hydrogens is 546 g/mol. The molecule has 190 valence electrons. The van der Waals surface area contributed by atoms with Crippen LogP contribution in [-0.2, 0) is 19.3 Å². The van der Waals surface area contributed by atoms with Crippen LogP contribution in [0.4, 0.5) is 5.00 Å². The summed E-state index contributed by atoms with van der Waals surface area (Å²) in [7, 11) is 0. The number of unbranched alkanes of at least 4 members (excludes halogenated alkanes) is 1. The Morgan fingerprint density at radius 1 is 1.05 bits per heavy atom. The molecule has 0 unspecified atom stereocenters. The Balaban J connectivity index is 1.54. The topological polar surface area (TPSA) is 85.1 Å². The van der Waals surface area contributed by atoms with Gasteiger partial charge >= 0.3 is 0 Å². The number of fused-ring (bicyclic) bond motifs is 2. The van der Waals surface area contributed by atoms with Crippen molar-refractivity contribution in [2.75, 3.05) is 5.32 Å². The van der Waals surface area contributed by atoms with Crippen molar-refractivity contribution in [3.8, 4) is 11.3 Å². The summed E-state index contributed by atoms with van der Waals surface area (Å²) in [6.07, 6.45) is 8.37. The minimum Gasteiger partial charge on any atom is -0.365 e. The third kappa shape index (κ3) is 5.48. The van der Waals surface area contributed by atoms with Crippen molar-refractivity contribution in [1.82, 2.24) is 4.98 Å². The predicted octanol–water partition coefficient (Wildman–Crippen LogP) is 7.69. The maximum absolute atomic E-state index is 13.8. The fraction of sp³-hybridized carbons (Fsp3) is 0.300. The van der Waals surface area contributed by atoms with Gasteiger partial charge in [-0.2, -0.15) is 0 Å². The molecule has 0 bridgehead atoms. The number of nitrogens with one attached hydrogen (secondary N) is 1. The van der Waals surface area contributed by atoms with E-state index in [1.165, 1.54) is 16.9 Å². The van der Waals surface area contributed by atoms with Gasteiger partial charge in [0.2, 0.25) is 0 Å². The van der Waals surface area contributed by atoms with E-state index in [0.717, 1.165) is 88.4 Å². The van der Waals surface area contributed by atoms with E-state index in [1.54, 1.807) is 0 Å². The third-order valence-corrected chi connectivity index (χ3v) is 8.68. The van der Waals surface area contributed by atoms with Crippen molar-refractivity contribution in [1.29, 1.82) is 0 Å². The molecule has 5 nitrogen and oxygen atoms in total. The highest BCUT2D eigenvalue weighted by atomic mass is 79.9. The van der Waals surface area contributed by atoms with Gasteiger partial charge in [-0.3, -0.25) is 9.59 Å². The van der Waals surface area contributed by atoms with E-state index < -0.39 is 5.91 Å². The molecule has 0 fully saturated rings. The number of aromatic nitrogens is 1. The standard InChI is InChI=1S/C30H30BrN3O2S/c1-2-3-7-18-10-12-19(13-11-18)25-17-23(22-16-20(31)14-15-24(22)33-25)29(36)34-30-27(28(32)35)21-8-5-4-6-9-26(21)37-30/h10-17H,2-9H2,1H3,(H2,32,35)(H,34,36). The van der Waals surface area contributed by atoms with Crippen LogP contribution in [-0.4, -0.2) is 16.8 Å². The molecule has 0 radical (unpaired) electrons. The summed E-state index contributed by atoms with van der Waals surface area (Å²) in [4.78, 5) is 32.2. The van der Waals surface area contributed by atoms with Crippen LogP contribution in [0.5, 0.6) is 0 Å². The average molecular weight is 577 g/mol. The van der Waals surface area contributed by atoms with E-state index in [-0.39, 0.29) is 5.91 Å². The zero-order chi connectivity index (χ0) is 25.9. The van der Waals surface area contributed by atoms with Gasteiger partial charge in [-0.1, -0.05) is 60.0 Å². The number of anilines is 1. The SMILES string of the molecule is CCCCc1ccc(-c2cc(C(=O)Nc3sc4c(c3C(N)=O)CCCCC4)c3cc(Br)ccc3n2)cc1. The van der Waals surface area contributed by atoms with Crippen LogP contribution in [0.15, 0.2) is 53.0 Å². The Bertz CT molecular complexity index is 1480. The first kappa shape index (κ1) is 25.6. The van der Waals surface area contributed by atoms with Gasteiger partial charge in [0.15, 0.2) is 0 Å². The quantitative estimate of drug-likeness (QED) is 0.221. The van der Waals surface area contributed by atoms with Crippen LogP contribution >= 0.6 is 27.3 Å². The van der Waals surface area contributed by atoms with Crippen molar-refractivity contribution in [2.24, 2.45) is 5.73 Å². The maximum atomic E-state index is 13.8. The number of primary amides is 1. The molecule has 0 saturated heterocycles. The number of hydrogen-bond acceptors (Lipinski definition) is 4. The van der Waals surface area contributed by atoms with Gasteiger partial charge in [-0.15, -0.1) is 11.3 Å². The summed E-state index contributed by atoms with van der Waals surface area (Å²) < 4.78 is 0.865. The summed E-state index contributed by atoms with van der Waals surface area (Å²) >= 11 is 5.02. The second kappa shape index (κ2) is 11.2. The predicted molar refractivity (Wildman–Crippen MR) is 156 cm³/mol. The van der Waals surface area contributed by atoms with Crippen LogP contribution in [0.2, 0.25) is 0 Å². The lowest BCUT2D eigenvalue weighted by atomic mass is 10.0. The van der Waals surface area contributed by atoms with Crippen LogP contribution in [0.3, 0.4) is 0 Å². The highest BCUT2D eigenvalue weighted by Crippen LogP contribution is 2.38. The molecular formula is C30H30BrN3O2S. The molecule has 0 aliphatic heterocycles. The van der Waals surface area contributed by atoms with E-state index in [2.05, 4.69) is 52.4 Å². The first-order valence-electron chi connectivity index (χ1n) is 12.9. The molecule has 1 aliphatic carbocycles. The molecule has 2 heterocycles. The summed E-state index contributed by atoms with van der Waals surface area (Å²) in [5, 5.41) is 4.34. The summed E-state index contributed by atoms with van der Waals surface area (Å²) in [5.41, 5.74) is 11.5. The molecule has 3 N–H and O–H groups in total. The van der Waals surface area contributed by atoms with Gasteiger partial charge in [0.05, 0.1) is 22.3 Å². The average Bonchev–Trinajstić information content (AvgIpc) is 3.07. The Labute approximate surface area is 229 Å². The molecule has 37 heavy (non-hydrogen) atoms. The van der Waals surface area contributed by atoms with Gasteiger partial charge in [0, 0.05) is 20.3 Å². The van der Waals surface area contributed by atoms with E-state index in [1.807, 2.05) is 24.3 Å². The Hall–Kier alpha value is -3.03. The molecule has 4 aromatic rings. The lowest BCUT2D eigenvalue weighted by molar-refractivity contribution is 0.100. The molecule has 2 aromatic heterocycles. The molecule has 2 aromatic carbocycles. The molecule has 0 spiro atoms. The minimum atomic E-state index is -0.485. The number of aryl methyl sites for hydroxylation is 2. The maximum Gasteiger partial charge on any atom is 0.257 e. The number of carbonyl (C=O) groups excluding carboxylic acids is 2. The molecule has 0 saturated carbocycles. The number of benzene rings is 2. The van der Waals surface area contributed by atoms with Crippen molar-refractivity contribution in [3.63, 3.8) is 0 Å². The first-order chi connectivity index (χ1) is 17.9. The second-order valence-corrected chi connectivity index (χ2v) is 11.6. The summed E-state index contributed by atoms with van der Waals surface area (Å²) in [5.74, 6) is -0.758. The number of carbonyl (C=O) groups is 2. The molecule has 5 rings (SSSR count). The Morgan fingerprint density at radius 2 is 1.84 bits per heavy atom. The molecule has 1 aliphatic rings. The van der Waals surface area contributed by atoms with Gasteiger partial charge < -0.3 is 11.1 Å². The van der Waals surface area contributed by atoms with E-state index in [4.69, 9.17) is 10.7 Å². The number of pyridine rings is 1. The molecule has 2 amide bonds. The fourth-order valence-electron chi connectivity index (χ4n) is 5.02. The zero-order valence-corrected chi connectivity index (χ0v) is 23.3. The van der Waals surface area contributed by atoms with Crippen molar-refractivity contribution in [3.05, 3.63) is 80.1 Å². The lowest BCUT2D eigenvalue weighted by Gasteiger charge is -2.12. The number of hydrogen-bond donors (Lipinski definition) is 2. The highest BCUT2D eigenvalue weighted by Gasteiger charge is 2.25. The zero-order valence-electron chi connectivity index (χ0n) is 20.9. The van der Waals surface area contributed by atoms with Crippen molar-refractivity contribution >= 4 is 55.0 Å². The number of thiophene rings is 1. The van der Waals surface area contributed by atoms with Crippen LogP contribution in [0, 0.1) is 0 Å². The number of halogens is 1. The summed E-state index contributed by atoms with van der Waals surface area (Å²) in [6, 6.07) is 16.0. The molecule has 0 atom stereocenters. The normalized spacial score (nSPS) is 13.2.